The molecule has 0 bridgehead atoms. The van der Waals surface area contributed by atoms with E-state index in [0.717, 1.165) is 4.31 Å². The van der Waals surface area contributed by atoms with E-state index in [-0.39, 0.29) is 11.6 Å². The van der Waals surface area contributed by atoms with Gasteiger partial charge in [-0.3, -0.25) is 9.10 Å². The number of aliphatic carboxylic acids is 1. The van der Waals surface area contributed by atoms with Crippen LogP contribution < -0.4 is 4.31 Å². The van der Waals surface area contributed by atoms with Gasteiger partial charge in [0.15, 0.2) is 5.03 Å². The van der Waals surface area contributed by atoms with Gasteiger partial charge in [-0.2, -0.15) is 8.42 Å². The smallest absolute Gasteiger partial charge is 0.308 e. The molecule has 3 rings (SSSR count). The Balaban J connectivity index is 2.11. The second-order valence-corrected chi connectivity index (χ2v) is 6.65. The Morgan fingerprint density at radius 3 is 2.81 bits per heavy atom. The number of rotatable bonds is 3. The highest BCUT2D eigenvalue weighted by Crippen LogP contribution is 2.33. The van der Waals surface area contributed by atoms with Crippen molar-refractivity contribution in [2.45, 2.75) is 11.4 Å². The first-order valence-corrected chi connectivity index (χ1v) is 7.76. The molecule has 0 radical (unpaired) electrons. The van der Waals surface area contributed by atoms with Crippen LogP contribution in [0.2, 0.25) is 0 Å². The number of imidazole rings is 1. The number of fused-ring (bicyclic) bond motifs is 1. The van der Waals surface area contributed by atoms with Gasteiger partial charge >= 0.3 is 5.97 Å². The number of anilines is 1. The van der Waals surface area contributed by atoms with Crippen molar-refractivity contribution in [2.75, 3.05) is 10.8 Å². The number of carboxylic acid groups (broad SMARTS) is 1. The highest BCUT2D eigenvalue weighted by atomic mass is 32.2. The Hall–Kier alpha value is -2.35. The first-order valence-electron chi connectivity index (χ1n) is 6.32. The topological polar surface area (TPSA) is 103 Å². The van der Waals surface area contributed by atoms with Crippen molar-refractivity contribution in [3.8, 4) is 0 Å². The number of aromatic nitrogens is 2. The molecule has 0 fully saturated rings. The molecule has 2 N–H and O–H groups in total. The summed E-state index contributed by atoms with van der Waals surface area (Å²) in [5.74, 6) is -1.77. The van der Waals surface area contributed by atoms with Gasteiger partial charge in [0.2, 0.25) is 0 Å². The summed E-state index contributed by atoms with van der Waals surface area (Å²) in [5.41, 5.74) is 1.23. The fourth-order valence-corrected chi connectivity index (χ4v) is 3.90. The predicted molar refractivity (Wildman–Crippen MR) is 74.4 cm³/mol. The third-order valence-corrected chi connectivity index (χ3v) is 5.21. The lowest BCUT2D eigenvalue weighted by molar-refractivity contribution is -0.141. The molecular formula is C13H13N3O4S. The van der Waals surface area contributed by atoms with Gasteiger partial charge in [-0.1, -0.05) is 18.2 Å². The number of sulfonamides is 1. The predicted octanol–water partition coefficient (Wildman–Crippen LogP) is 0.862. The highest BCUT2D eigenvalue weighted by molar-refractivity contribution is 7.92. The second-order valence-electron chi connectivity index (χ2n) is 4.82. The fourth-order valence-electron chi connectivity index (χ4n) is 2.45. The van der Waals surface area contributed by atoms with Crippen molar-refractivity contribution in [1.82, 2.24) is 9.97 Å². The van der Waals surface area contributed by atoms with Crippen LogP contribution in [0.4, 0.5) is 5.69 Å². The summed E-state index contributed by atoms with van der Waals surface area (Å²) >= 11 is 0. The minimum absolute atomic E-state index is 0.0525. The van der Waals surface area contributed by atoms with Gasteiger partial charge in [0.25, 0.3) is 10.0 Å². The van der Waals surface area contributed by atoms with Crippen LogP contribution in [-0.2, 0) is 21.2 Å². The lowest BCUT2D eigenvalue weighted by atomic mass is 9.94. The number of hydrogen-bond donors (Lipinski definition) is 2. The SMILES string of the molecule is O=C(O)C1Cc2ccccc2N(S(=O)(=O)c2cnc[nH]2)C1. The van der Waals surface area contributed by atoms with Crippen LogP contribution in [-0.4, -0.2) is 36.0 Å². The zero-order valence-corrected chi connectivity index (χ0v) is 11.7. The quantitative estimate of drug-likeness (QED) is 0.875. The molecule has 0 saturated heterocycles. The van der Waals surface area contributed by atoms with Crippen molar-refractivity contribution in [2.24, 2.45) is 5.92 Å². The normalized spacial score (nSPS) is 18.3. The number of nitrogens with one attached hydrogen (secondary N) is 1. The molecule has 8 heteroatoms. The summed E-state index contributed by atoms with van der Waals surface area (Å²) in [5, 5.41) is 9.18. The number of benzene rings is 1. The molecular weight excluding hydrogens is 294 g/mol. The second kappa shape index (κ2) is 4.88. The third kappa shape index (κ3) is 2.27. The lowest BCUT2D eigenvalue weighted by Gasteiger charge is -2.33. The number of H-pyrrole nitrogens is 1. The molecule has 21 heavy (non-hydrogen) atoms. The molecule has 7 nitrogen and oxygen atoms in total. The maximum absolute atomic E-state index is 12.6. The zero-order chi connectivity index (χ0) is 15.0. The van der Waals surface area contributed by atoms with E-state index in [1.54, 1.807) is 24.3 Å². The van der Waals surface area contributed by atoms with Crippen LogP contribution in [0.25, 0.3) is 0 Å². The van der Waals surface area contributed by atoms with Gasteiger partial charge in [0.1, 0.15) is 0 Å². The van der Waals surface area contributed by atoms with E-state index >= 15 is 0 Å². The molecule has 1 aliphatic heterocycles. The molecule has 0 amide bonds. The minimum atomic E-state index is -3.85. The van der Waals surface area contributed by atoms with Gasteiger partial charge in [-0.05, 0) is 18.1 Å². The van der Waals surface area contributed by atoms with E-state index < -0.39 is 21.9 Å². The number of aromatic amines is 1. The third-order valence-electron chi connectivity index (χ3n) is 3.50. The summed E-state index contributed by atoms with van der Waals surface area (Å²) in [6.07, 6.45) is 2.81. The van der Waals surface area contributed by atoms with E-state index in [4.69, 9.17) is 0 Å². The van der Waals surface area contributed by atoms with Crippen LogP contribution in [0, 0.1) is 5.92 Å². The maximum atomic E-state index is 12.6. The zero-order valence-electron chi connectivity index (χ0n) is 10.9. The first-order chi connectivity index (χ1) is 10.00. The van der Waals surface area contributed by atoms with E-state index in [0.29, 0.717) is 17.7 Å². The molecule has 110 valence electrons. The number of nitrogens with zero attached hydrogens (tertiary/aromatic N) is 2. The summed E-state index contributed by atoms with van der Waals surface area (Å²) in [7, 11) is -3.85. The molecule has 2 heterocycles. The average Bonchev–Trinajstić information content (AvgIpc) is 3.00. The van der Waals surface area contributed by atoms with Crippen molar-refractivity contribution in [3.63, 3.8) is 0 Å². The Morgan fingerprint density at radius 1 is 1.38 bits per heavy atom. The van der Waals surface area contributed by atoms with Crippen LogP contribution in [0.15, 0.2) is 41.8 Å². The van der Waals surface area contributed by atoms with Crippen molar-refractivity contribution >= 4 is 21.7 Å². The molecule has 1 unspecified atom stereocenters. The van der Waals surface area contributed by atoms with Crippen LogP contribution >= 0.6 is 0 Å². The Kier molecular flexibility index (Phi) is 3.17. The highest BCUT2D eigenvalue weighted by Gasteiger charge is 2.36. The van der Waals surface area contributed by atoms with E-state index in [9.17, 15) is 18.3 Å². The maximum Gasteiger partial charge on any atom is 0.308 e. The largest absolute Gasteiger partial charge is 0.481 e. The molecule has 1 aromatic carbocycles. The van der Waals surface area contributed by atoms with Gasteiger partial charge in [0, 0.05) is 6.54 Å². The monoisotopic (exact) mass is 307 g/mol. The average molecular weight is 307 g/mol. The molecule has 1 aromatic heterocycles. The van der Waals surface area contributed by atoms with Gasteiger partial charge < -0.3 is 10.1 Å². The summed E-state index contributed by atoms with van der Waals surface area (Å²) in [4.78, 5) is 17.6. The van der Waals surface area contributed by atoms with Crippen LogP contribution in [0.3, 0.4) is 0 Å². The summed E-state index contributed by atoms with van der Waals surface area (Å²) in [6, 6.07) is 6.93. The number of para-hydroxylation sites is 1. The van der Waals surface area contributed by atoms with E-state index in [1.807, 2.05) is 0 Å². The van der Waals surface area contributed by atoms with E-state index in [1.165, 1.54) is 12.5 Å². The molecule has 0 saturated carbocycles. The van der Waals surface area contributed by atoms with Gasteiger partial charge in [0.05, 0.1) is 24.1 Å². The van der Waals surface area contributed by atoms with Crippen molar-refractivity contribution < 1.29 is 18.3 Å². The molecule has 2 aromatic rings. The minimum Gasteiger partial charge on any atom is -0.481 e. The van der Waals surface area contributed by atoms with Crippen LogP contribution in [0.1, 0.15) is 5.56 Å². The fraction of sp³-hybridized carbons (Fsp3) is 0.231. The van der Waals surface area contributed by atoms with Crippen molar-refractivity contribution in [1.29, 1.82) is 0 Å². The Labute approximate surface area is 121 Å². The Bertz CT molecular complexity index is 770. The number of hydrogen-bond acceptors (Lipinski definition) is 4. The number of carbonyl (C=O) groups is 1. The number of carboxylic acids is 1. The molecule has 1 aliphatic rings. The Morgan fingerprint density at radius 2 is 2.14 bits per heavy atom. The first kappa shape index (κ1) is 13.6. The summed E-state index contributed by atoms with van der Waals surface area (Å²) in [6.45, 7) is -0.0896. The molecule has 1 atom stereocenters. The van der Waals surface area contributed by atoms with Crippen molar-refractivity contribution in [3.05, 3.63) is 42.4 Å². The standard InChI is InChI=1S/C13H13N3O4S/c17-13(18)10-5-9-3-1-2-4-11(9)16(7-10)21(19,20)12-6-14-8-15-12/h1-4,6,8,10H,5,7H2,(H,14,15)(H,17,18). The van der Waals surface area contributed by atoms with Gasteiger partial charge in [-0.25, -0.2) is 4.98 Å². The lowest BCUT2D eigenvalue weighted by Crippen LogP contribution is -2.42. The summed E-state index contributed by atoms with van der Waals surface area (Å²) < 4.78 is 26.4. The molecule has 0 aliphatic carbocycles. The molecule has 0 spiro atoms. The van der Waals surface area contributed by atoms with E-state index in [2.05, 4.69) is 9.97 Å². The van der Waals surface area contributed by atoms with Gasteiger partial charge in [-0.15, -0.1) is 0 Å². The van der Waals surface area contributed by atoms with Crippen LogP contribution in [0.5, 0.6) is 0 Å².